The lowest BCUT2D eigenvalue weighted by Gasteiger charge is -2.18. The van der Waals surface area contributed by atoms with E-state index in [0.717, 1.165) is 0 Å². The lowest BCUT2D eigenvalue weighted by molar-refractivity contribution is -0.128. The second-order valence-electron chi connectivity index (χ2n) is 10.3. The van der Waals surface area contributed by atoms with Crippen molar-refractivity contribution >= 4 is 67.3 Å². The van der Waals surface area contributed by atoms with E-state index in [4.69, 9.17) is 30.4 Å². The number of halogens is 2. The van der Waals surface area contributed by atoms with Gasteiger partial charge in [0.15, 0.2) is 0 Å². The molecule has 0 spiro atoms. The number of hydrogen-bond acceptors (Lipinski definition) is 11. The molecular weight excluding hydrogens is 766 g/mol. The number of carbonyl (C=O) groups excluding carboxylic acids is 6. The van der Waals surface area contributed by atoms with Crippen molar-refractivity contribution in [2.45, 2.75) is 57.0 Å². The van der Waals surface area contributed by atoms with Crippen molar-refractivity contribution < 1.29 is 47.7 Å². The van der Waals surface area contributed by atoms with Crippen LogP contribution in [0.3, 0.4) is 0 Å². The van der Waals surface area contributed by atoms with Crippen LogP contribution >= 0.6 is 31.9 Å². The number of nitrogens with two attached hydrogens (primary N) is 2. The minimum Gasteiger partial charge on any atom is -0.379 e. The molecule has 0 heterocycles. The smallest absolute Gasteiger partial charge is 0.242 e. The molecule has 0 aliphatic heterocycles. The van der Waals surface area contributed by atoms with Gasteiger partial charge in [0.05, 0.1) is 69.6 Å². The van der Waals surface area contributed by atoms with E-state index in [-0.39, 0.29) is 92.6 Å². The predicted octanol–water partition coefficient (Wildman–Crippen LogP) is -1.66. The highest BCUT2D eigenvalue weighted by atomic mass is 79.9. The molecule has 6 amide bonds. The zero-order valence-corrected chi connectivity index (χ0v) is 30.7. The van der Waals surface area contributed by atoms with Gasteiger partial charge in [-0.3, -0.25) is 28.8 Å². The van der Waals surface area contributed by atoms with E-state index in [2.05, 4.69) is 58.4 Å². The minimum atomic E-state index is -0.728. The molecule has 278 valence electrons. The topological polar surface area (TPSA) is 252 Å². The van der Waals surface area contributed by atoms with Crippen LogP contribution in [0.15, 0.2) is 0 Å². The van der Waals surface area contributed by atoms with E-state index < -0.39 is 18.0 Å². The van der Waals surface area contributed by atoms with Crippen LogP contribution in [0.4, 0.5) is 0 Å². The average Bonchev–Trinajstić information content (AvgIpc) is 3.07. The summed E-state index contributed by atoms with van der Waals surface area (Å²) in [6.45, 7) is 3.74. The van der Waals surface area contributed by atoms with E-state index in [1.54, 1.807) is 0 Å². The first-order chi connectivity index (χ1) is 23.1. The number of rotatable bonds is 32. The number of primary amides is 1. The normalized spacial score (nSPS) is 12.1. The number of ether oxygens (including phenoxy) is 4. The largest absolute Gasteiger partial charge is 0.379 e. The minimum absolute atomic E-state index is 0.0697. The van der Waals surface area contributed by atoms with E-state index in [0.29, 0.717) is 71.6 Å². The van der Waals surface area contributed by atoms with Gasteiger partial charge in [0, 0.05) is 39.0 Å². The summed E-state index contributed by atoms with van der Waals surface area (Å²) >= 11 is 6.12. The Hall–Kier alpha value is -2.42. The van der Waals surface area contributed by atoms with Gasteiger partial charge in [-0.05, 0) is 32.1 Å². The van der Waals surface area contributed by atoms with Crippen molar-refractivity contribution in [2.75, 3.05) is 89.7 Å². The van der Waals surface area contributed by atoms with Crippen LogP contribution in [-0.4, -0.2) is 137 Å². The Bertz CT molecular complexity index is 937. The van der Waals surface area contributed by atoms with Crippen LogP contribution in [-0.2, 0) is 47.7 Å². The number of nitrogens with one attached hydrogen (secondary N) is 5. The van der Waals surface area contributed by atoms with Crippen molar-refractivity contribution in [1.29, 1.82) is 0 Å². The molecule has 48 heavy (non-hydrogen) atoms. The van der Waals surface area contributed by atoms with Crippen molar-refractivity contribution in [3.05, 3.63) is 0 Å². The molecule has 0 aromatic heterocycles. The molecule has 0 fully saturated rings. The highest BCUT2D eigenvalue weighted by Crippen LogP contribution is 2.00. The first-order valence-electron chi connectivity index (χ1n) is 16.0. The Morgan fingerprint density at radius 3 is 1.56 bits per heavy atom. The SMILES string of the molecule is NC(=O)C(N)CCCCNC(=O)CCOCCOCCNC(=O)CCOCCOCCNC(=O)[C@H](CCCNC(=O)CBr)NC(=O)CBr. The number of unbranched alkanes of at least 4 members (excludes halogenated alkanes) is 1. The van der Waals surface area contributed by atoms with E-state index >= 15 is 0 Å². The van der Waals surface area contributed by atoms with E-state index in [1.807, 2.05) is 0 Å². The molecule has 0 saturated heterocycles. The zero-order valence-electron chi connectivity index (χ0n) is 27.5. The van der Waals surface area contributed by atoms with E-state index in [9.17, 15) is 28.8 Å². The lowest BCUT2D eigenvalue weighted by atomic mass is 10.1. The maximum Gasteiger partial charge on any atom is 0.242 e. The van der Waals surface area contributed by atoms with Crippen molar-refractivity contribution in [2.24, 2.45) is 11.5 Å². The van der Waals surface area contributed by atoms with Gasteiger partial charge >= 0.3 is 0 Å². The Labute approximate surface area is 299 Å². The standard InChI is InChI=1S/C29H53Br2N7O10/c30-20-26(41)35-9-3-5-23(38-27(42)21-31)29(44)37-11-15-48-19-17-46-13-7-25(40)36-10-14-47-18-16-45-12-6-24(39)34-8-2-1-4-22(32)28(33)43/h22-23H,1-21,32H2,(H2,33,43)(H,34,39)(H,35,41)(H,36,40)(H,37,44)(H,38,42)/t22?,23-/m0/s1. The zero-order chi connectivity index (χ0) is 35.8. The van der Waals surface area contributed by atoms with Gasteiger partial charge in [-0.15, -0.1) is 0 Å². The van der Waals surface area contributed by atoms with Crippen LogP contribution in [0.2, 0.25) is 0 Å². The number of alkyl halides is 2. The van der Waals surface area contributed by atoms with E-state index in [1.165, 1.54) is 0 Å². The Morgan fingerprint density at radius 2 is 1.02 bits per heavy atom. The molecule has 1 unspecified atom stereocenters. The monoisotopic (exact) mass is 817 g/mol. The molecule has 0 aromatic rings. The van der Waals surface area contributed by atoms with Gasteiger partial charge in [-0.1, -0.05) is 31.9 Å². The van der Waals surface area contributed by atoms with Gasteiger partial charge in [-0.25, -0.2) is 0 Å². The first-order valence-corrected chi connectivity index (χ1v) is 18.2. The summed E-state index contributed by atoms with van der Waals surface area (Å²) in [5.74, 6) is -1.64. The number of carbonyl (C=O) groups is 6. The van der Waals surface area contributed by atoms with Gasteiger partial charge in [0.2, 0.25) is 35.4 Å². The Kier molecular flexibility index (Phi) is 30.2. The van der Waals surface area contributed by atoms with Crippen LogP contribution in [0.5, 0.6) is 0 Å². The maximum atomic E-state index is 12.5. The van der Waals surface area contributed by atoms with Crippen molar-refractivity contribution in [3.8, 4) is 0 Å². The molecule has 9 N–H and O–H groups in total. The average molecular weight is 820 g/mol. The lowest BCUT2D eigenvalue weighted by Crippen LogP contribution is -2.48. The second-order valence-corrected chi connectivity index (χ2v) is 11.4. The molecule has 0 aliphatic carbocycles. The molecule has 17 nitrogen and oxygen atoms in total. The fraction of sp³-hybridized carbons (Fsp3) is 0.793. The van der Waals surface area contributed by atoms with Crippen LogP contribution in [0.25, 0.3) is 0 Å². The summed E-state index contributed by atoms with van der Waals surface area (Å²) in [4.78, 5) is 70.0. The van der Waals surface area contributed by atoms with Crippen LogP contribution < -0.4 is 38.1 Å². The van der Waals surface area contributed by atoms with Crippen LogP contribution in [0, 0.1) is 0 Å². The molecule has 0 bridgehead atoms. The van der Waals surface area contributed by atoms with Crippen LogP contribution in [0.1, 0.15) is 44.9 Å². The Balaban J connectivity index is 3.66. The molecule has 19 heteroatoms. The molecule has 0 rings (SSSR count). The van der Waals surface area contributed by atoms with Gasteiger partial charge in [0.25, 0.3) is 0 Å². The van der Waals surface area contributed by atoms with Crippen molar-refractivity contribution in [1.82, 2.24) is 26.6 Å². The summed E-state index contributed by atoms with van der Waals surface area (Å²) in [6.07, 6.45) is 3.19. The fourth-order valence-corrected chi connectivity index (χ4v) is 4.09. The molecular formula is C29H53Br2N7O10. The predicted molar refractivity (Wildman–Crippen MR) is 184 cm³/mol. The number of amides is 6. The highest BCUT2D eigenvalue weighted by molar-refractivity contribution is 9.09. The second kappa shape index (κ2) is 31.8. The van der Waals surface area contributed by atoms with Gasteiger partial charge in [-0.2, -0.15) is 0 Å². The third-order valence-corrected chi connectivity index (χ3v) is 7.34. The Morgan fingerprint density at radius 1 is 0.542 bits per heavy atom. The third kappa shape index (κ3) is 28.6. The molecule has 0 saturated carbocycles. The quantitative estimate of drug-likeness (QED) is 0.0299. The summed E-state index contributed by atoms with van der Waals surface area (Å²) in [7, 11) is 0. The summed E-state index contributed by atoms with van der Waals surface area (Å²) in [5.41, 5.74) is 10.6. The summed E-state index contributed by atoms with van der Waals surface area (Å²) in [6, 6.07) is -1.38. The molecule has 0 aromatic carbocycles. The fourth-order valence-electron chi connectivity index (χ4n) is 3.72. The number of hydrogen-bond donors (Lipinski definition) is 7. The maximum absolute atomic E-state index is 12.5. The van der Waals surface area contributed by atoms with Gasteiger partial charge < -0.3 is 57.0 Å². The first kappa shape index (κ1) is 45.6. The molecule has 2 atom stereocenters. The van der Waals surface area contributed by atoms with Crippen molar-refractivity contribution in [3.63, 3.8) is 0 Å². The summed E-state index contributed by atoms with van der Waals surface area (Å²) in [5, 5.41) is 13.8. The molecule has 0 radical (unpaired) electrons. The molecule has 0 aliphatic rings. The van der Waals surface area contributed by atoms with Gasteiger partial charge in [0.1, 0.15) is 6.04 Å². The third-order valence-electron chi connectivity index (χ3n) is 6.32. The highest BCUT2D eigenvalue weighted by Gasteiger charge is 2.19. The summed E-state index contributed by atoms with van der Waals surface area (Å²) < 4.78 is 21.6.